The molecule has 84 valence electrons. The van der Waals surface area contributed by atoms with Crippen molar-refractivity contribution in [3.63, 3.8) is 0 Å². The number of rotatable bonds is 3. The topological polar surface area (TPSA) is 52.8 Å². The summed E-state index contributed by atoms with van der Waals surface area (Å²) in [5.74, 6) is 0. The number of hydrogen-bond donors (Lipinski definition) is 0. The fourth-order valence-corrected chi connectivity index (χ4v) is 1.81. The van der Waals surface area contributed by atoms with Gasteiger partial charge in [-0.05, 0) is 12.8 Å². The molecule has 1 aliphatic heterocycles. The van der Waals surface area contributed by atoms with E-state index in [1.807, 2.05) is 10.9 Å². The van der Waals surface area contributed by atoms with Crippen LogP contribution in [0, 0.1) is 0 Å². The van der Waals surface area contributed by atoms with E-state index in [1.165, 1.54) is 0 Å². The maximum absolute atomic E-state index is 5.40. The van der Waals surface area contributed by atoms with Crippen molar-refractivity contribution < 1.29 is 4.74 Å². The van der Waals surface area contributed by atoms with Crippen molar-refractivity contribution in [2.24, 2.45) is 0 Å². The maximum Gasteiger partial charge on any atom is 0.177 e. The standard InChI is InChI=1S/C11H14N4O/c1-2-8-5-12-10-6-13-15(11(10)14-8)7-9-3-4-16-9/h5-6,9H,2-4,7H2,1H3. The van der Waals surface area contributed by atoms with E-state index in [9.17, 15) is 0 Å². The van der Waals surface area contributed by atoms with Gasteiger partial charge in [-0.25, -0.2) is 14.6 Å². The van der Waals surface area contributed by atoms with Crippen molar-refractivity contribution in [1.29, 1.82) is 0 Å². The quantitative estimate of drug-likeness (QED) is 0.776. The summed E-state index contributed by atoms with van der Waals surface area (Å²) >= 11 is 0. The van der Waals surface area contributed by atoms with Crippen molar-refractivity contribution >= 4 is 11.2 Å². The molecule has 0 saturated carbocycles. The molecule has 2 aromatic heterocycles. The molecule has 5 nitrogen and oxygen atoms in total. The Labute approximate surface area is 93.5 Å². The second kappa shape index (κ2) is 3.83. The molecule has 16 heavy (non-hydrogen) atoms. The Bertz CT molecular complexity index is 504. The summed E-state index contributed by atoms with van der Waals surface area (Å²) in [6, 6.07) is 0. The van der Waals surface area contributed by atoms with Crippen molar-refractivity contribution in [3.8, 4) is 0 Å². The number of ether oxygens (including phenoxy) is 1. The third kappa shape index (κ3) is 1.57. The molecule has 5 heteroatoms. The minimum absolute atomic E-state index is 0.301. The zero-order chi connectivity index (χ0) is 11.0. The van der Waals surface area contributed by atoms with Crippen LogP contribution in [0.4, 0.5) is 0 Å². The minimum atomic E-state index is 0.301. The highest BCUT2D eigenvalue weighted by molar-refractivity contribution is 5.69. The first-order valence-corrected chi connectivity index (χ1v) is 5.66. The van der Waals surface area contributed by atoms with Gasteiger partial charge in [-0.1, -0.05) is 6.92 Å². The van der Waals surface area contributed by atoms with Gasteiger partial charge >= 0.3 is 0 Å². The van der Waals surface area contributed by atoms with Gasteiger partial charge in [-0.15, -0.1) is 0 Å². The van der Waals surface area contributed by atoms with Gasteiger partial charge in [0.1, 0.15) is 5.52 Å². The number of nitrogens with zero attached hydrogens (tertiary/aromatic N) is 4. The van der Waals surface area contributed by atoms with E-state index in [0.717, 1.165) is 42.9 Å². The highest BCUT2D eigenvalue weighted by Gasteiger charge is 2.20. The first-order chi connectivity index (χ1) is 7.86. The van der Waals surface area contributed by atoms with Crippen LogP contribution in [0.3, 0.4) is 0 Å². The predicted octanol–water partition coefficient (Wildman–Crippen LogP) is 1.18. The van der Waals surface area contributed by atoms with Gasteiger partial charge in [0, 0.05) is 12.8 Å². The molecule has 0 aromatic carbocycles. The number of fused-ring (bicyclic) bond motifs is 1. The Morgan fingerprint density at radius 3 is 3.06 bits per heavy atom. The summed E-state index contributed by atoms with van der Waals surface area (Å²) < 4.78 is 7.29. The SMILES string of the molecule is CCc1cnc2cnn(CC3CCO3)c2n1. The number of aromatic nitrogens is 4. The lowest BCUT2D eigenvalue weighted by Gasteiger charge is -2.26. The fourth-order valence-electron chi connectivity index (χ4n) is 1.81. The van der Waals surface area contributed by atoms with Crippen LogP contribution in [-0.2, 0) is 17.7 Å². The van der Waals surface area contributed by atoms with Gasteiger partial charge in [-0.3, -0.25) is 0 Å². The predicted molar refractivity (Wildman–Crippen MR) is 59.1 cm³/mol. The molecule has 1 fully saturated rings. The van der Waals surface area contributed by atoms with E-state index in [4.69, 9.17) is 4.74 Å². The van der Waals surface area contributed by atoms with E-state index >= 15 is 0 Å². The molecule has 0 radical (unpaired) electrons. The largest absolute Gasteiger partial charge is 0.376 e. The minimum Gasteiger partial charge on any atom is -0.376 e. The lowest BCUT2D eigenvalue weighted by Crippen LogP contribution is -2.31. The zero-order valence-corrected chi connectivity index (χ0v) is 9.26. The lowest BCUT2D eigenvalue weighted by molar-refractivity contribution is -0.0603. The molecule has 0 spiro atoms. The summed E-state index contributed by atoms with van der Waals surface area (Å²) in [7, 11) is 0. The molecule has 1 saturated heterocycles. The molecular weight excluding hydrogens is 204 g/mol. The van der Waals surface area contributed by atoms with Gasteiger partial charge in [0.2, 0.25) is 0 Å². The normalized spacial score (nSPS) is 19.9. The average Bonchev–Trinajstić information content (AvgIpc) is 2.65. The molecule has 1 aliphatic rings. The highest BCUT2D eigenvalue weighted by atomic mass is 16.5. The Hall–Kier alpha value is -1.49. The van der Waals surface area contributed by atoms with Gasteiger partial charge < -0.3 is 4.74 Å². The first-order valence-electron chi connectivity index (χ1n) is 5.66. The second-order valence-electron chi connectivity index (χ2n) is 4.03. The Balaban J connectivity index is 1.96. The first kappa shape index (κ1) is 9.72. The van der Waals surface area contributed by atoms with E-state index < -0.39 is 0 Å². The Kier molecular flexibility index (Phi) is 2.32. The lowest BCUT2D eigenvalue weighted by atomic mass is 10.2. The molecule has 3 heterocycles. The van der Waals surface area contributed by atoms with Crippen molar-refractivity contribution in [1.82, 2.24) is 19.7 Å². The molecule has 0 N–H and O–H groups in total. The number of aryl methyl sites for hydroxylation is 1. The molecule has 0 amide bonds. The molecule has 3 rings (SSSR count). The average molecular weight is 218 g/mol. The molecule has 0 bridgehead atoms. The van der Waals surface area contributed by atoms with Crippen LogP contribution < -0.4 is 0 Å². The smallest absolute Gasteiger partial charge is 0.177 e. The van der Waals surface area contributed by atoms with Crippen LogP contribution in [0.5, 0.6) is 0 Å². The van der Waals surface area contributed by atoms with E-state index in [2.05, 4.69) is 22.0 Å². The zero-order valence-electron chi connectivity index (χ0n) is 9.26. The van der Waals surface area contributed by atoms with Gasteiger partial charge in [0.25, 0.3) is 0 Å². The van der Waals surface area contributed by atoms with Crippen molar-refractivity contribution in [3.05, 3.63) is 18.1 Å². The Morgan fingerprint density at radius 2 is 2.38 bits per heavy atom. The van der Waals surface area contributed by atoms with Gasteiger partial charge in [-0.2, -0.15) is 5.10 Å². The molecule has 1 unspecified atom stereocenters. The van der Waals surface area contributed by atoms with Gasteiger partial charge in [0.15, 0.2) is 5.65 Å². The van der Waals surface area contributed by atoms with Crippen LogP contribution in [-0.4, -0.2) is 32.5 Å². The summed E-state index contributed by atoms with van der Waals surface area (Å²) in [6.07, 6.45) is 5.89. The third-order valence-corrected chi connectivity index (χ3v) is 2.93. The van der Waals surface area contributed by atoms with Crippen LogP contribution in [0.25, 0.3) is 11.2 Å². The number of hydrogen-bond acceptors (Lipinski definition) is 4. The van der Waals surface area contributed by atoms with Crippen LogP contribution >= 0.6 is 0 Å². The summed E-state index contributed by atoms with van der Waals surface area (Å²) in [6.45, 7) is 3.73. The van der Waals surface area contributed by atoms with Crippen LogP contribution in [0.15, 0.2) is 12.4 Å². The fraction of sp³-hybridized carbons (Fsp3) is 0.545. The highest BCUT2D eigenvalue weighted by Crippen LogP contribution is 2.16. The second-order valence-corrected chi connectivity index (χ2v) is 4.03. The van der Waals surface area contributed by atoms with Crippen molar-refractivity contribution in [2.75, 3.05) is 6.61 Å². The van der Waals surface area contributed by atoms with E-state index in [-0.39, 0.29) is 0 Å². The molecule has 2 aromatic rings. The molecular formula is C11H14N4O. The summed E-state index contributed by atoms with van der Waals surface area (Å²) in [4.78, 5) is 8.88. The van der Waals surface area contributed by atoms with Crippen molar-refractivity contribution in [2.45, 2.75) is 32.4 Å². The molecule has 0 aliphatic carbocycles. The summed E-state index contributed by atoms with van der Waals surface area (Å²) in [5.41, 5.74) is 2.73. The third-order valence-electron chi connectivity index (χ3n) is 2.93. The van der Waals surface area contributed by atoms with E-state index in [1.54, 1.807) is 6.20 Å². The van der Waals surface area contributed by atoms with E-state index in [0.29, 0.717) is 6.10 Å². The van der Waals surface area contributed by atoms with Crippen LogP contribution in [0.1, 0.15) is 19.0 Å². The van der Waals surface area contributed by atoms with Gasteiger partial charge in [0.05, 0.1) is 24.5 Å². The Morgan fingerprint density at radius 1 is 1.50 bits per heavy atom. The maximum atomic E-state index is 5.40. The monoisotopic (exact) mass is 218 g/mol. The molecule has 1 atom stereocenters. The summed E-state index contributed by atoms with van der Waals surface area (Å²) in [5, 5.41) is 4.30. The van der Waals surface area contributed by atoms with Crippen LogP contribution in [0.2, 0.25) is 0 Å².